The fraction of sp³-hybridized carbons (Fsp3) is 0.278. The molecule has 0 aliphatic rings. The van der Waals surface area contributed by atoms with E-state index in [0.29, 0.717) is 11.3 Å². The molecule has 0 saturated carbocycles. The lowest BCUT2D eigenvalue weighted by Crippen LogP contribution is -2.11. The van der Waals surface area contributed by atoms with Gasteiger partial charge in [-0.1, -0.05) is 29.8 Å². The molecule has 2 aromatic carbocycles. The fourth-order valence-electron chi connectivity index (χ4n) is 2.14. The maximum Gasteiger partial charge on any atom is 0.197 e. The number of carbonyl (C=O) groups excluding carboxylic acids is 1. The zero-order valence-corrected chi connectivity index (χ0v) is 12.4. The van der Waals surface area contributed by atoms with Crippen molar-refractivity contribution in [2.45, 2.75) is 33.8 Å². The molecule has 0 fully saturated rings. The zero-order valence-electron chi connectivity index (χ0n) is 12.4. The lowest BCUT2D eigenvalue weighted by Gasteiger charge is -2.14. The van der Waals surface area contributed by atoms with Gasteiger partial charge >= 0.3 is 0 Å². The molecular weight excluding hydrogens is 248 g/mol. The Kier molecular flexibility index (Phi) is 4.23. The van der Waals surface area contributed by atoms with Gasteiger partial charge in [0, 0.05) is 5.56 Å². The van der Waals surface area contributed by atoms with E-state index >= 15 is 0 Å². The minimum absolute atomic E-state index is 0.0162. The minimum Gasteiger partial charge on any atom is -0.490 e. The number of ketones is 1. The van der Waals surface area contributed by atoms with Gasteiger partial charge in [0.05, 0.1) is 11.7 Å². The summed E-state index contributed by atoms with van der Waals surface area (Å²) in [6.07, 6.45) is 0.0440. The second-order valence-electron chi connectivity index (χ2n) is 5.31. The number of benzene rings is 2. The summed E-state index contributed by atoms with van der Waals surface area (Å²) in [6.45, 7) is 7.86. The van der Waals surface area contributed by atoms with E-state index in [2.05, 4.69) is 0 Å². The molecule has 0 amide bonds. The van der Waals surface area contributed by atoms with Gasteiger partial charge in [0.15, 0.2) is 5.78 Å². The average Bonchev–Trinajstić information content (AvgIpc) is 2.41. The van der Waals surface area contributed by atoms with Crippen LogP contribution in [0.25, 0.3) is 0 Å². The molecule has 0 spiro atoms. The topological polar surface area (TPSA) is 26.3 Å². The lowest BCUT2D eigenvalue weighted by atomic mass is 9.97. The Labute approximate surface area is 120 Å². The number of hydrogen-bond donors (Lipinski definition) is 0. The van der Waals surface area contributed by atoms with E-state index in [9.17, 15) is 4.79 Å². The van der Waals surface area contributed by atoms with Crippen molar-refractivity contribution in [1.82, 2.24) is 0 Å². The summed E-state index contributed by atoms with van der Waals surface area (Å²) in [6, 6.07) is 13.4. The highest BCUT2D eigenvalue weighted by molar-refractivity contribution is 6.11. The van der Waals surface area contributed by atoms with Crippen LogP contribution in [0, 0.1) is 13.8 Å². The van der Waals surface area contributed by atoms with Crippen LogP contribution in [-0.2, 0) is 0 Å². The molecule has 2 aromatic rings. The highest BCUT2D eigenvalue weighted by atomic mass is 16.5. The van der Waals surface area contributed by atoms with Crippen molar-refractivity contribution in [2.75, 3.05) is 0 Å². The maximum absolute atomic E-state index is 12.7. The molecule has 2 heteroatoms. The molecule has 0 aliphatic heterocycles. The maximum atomic E-state index is 12.7. The number of aryl methyl sites for hydroxylation is 2. The molecule has 2 rings (SSSR count). The number of rotatable bonds is 4. The fourth-order valence-corrected chi connectivity index (χ4v) is 2.14. The van der Waals surface area contributed by atoms with Crippen molar-refractivity contribution in [1.29, 1.82) is 0 Å². The van der Waals surface area contributed by atoms with Crippen LogP contribution in [0.3, 0.4) is 0 Å². The van der Waals surface area contributed by atoms with Crippen molar-refractivity contribution in [3.63, 3.8) is 0 Å². The van der Waals surface area contributed by atoms with Crippen molar-refractivity contribution < 1.29 is 9.53 Å². The summed E-state index contributed by atoms with van der Waals surface area (Å²) in [7, 11) is 0. The summed E-state index contributed by atoms with van der Waals surface area (Å²) in [5.41, 5.74) is 3.43. The van der Waals surface area contributed by atoms with Gasteiger partial charge in [0.25, 0.3) is 0 Å². The third-order valence-corrected chi connectivity index (χ3v) is 3.13. The van der Waals surface area contributed by atoms with Crippen LogP contribution in [0.1, 0.15) is 40.9 Å². The third kappa shape index (κ3) is 3.08. The first-order valence-electron chi connectivity index (χ1n) is 6.86. The first-order valence-corrected chi connectivity index (χ1v) is 6.86. The zero-order chi connectivity index (χ0) is 14.7. The Morgan fingerprint density at radius 3 is 2.40 bits per heavy atom. The molecule has 0 radical (unpaired) electrons. The predicted octanol–water partition coefficient (Wildman–Crippen LogP) is 4.32. The highest BCUT2D eigenvalue weighted by Crippen LogP contribution is 2.24. The van der Waals surface area contributed by atoms with Crippen LogP contribution >= 0.6 is 0 Å². The first-order chi connectivity index (χ1) is 9.49. The summed E-state index contributed by atoms with van der Waals surface area (Å²) in [5, 5.41) is 0. The van der Waals surface area contributed by atoms with E-state index in [0.717, 1.165) is 16.7 Å². The van der Waals surface area contributed by atoms with Crippen LogP contribution in [0.2, 0.25) is 0 Å². The van der Waals surface area contributed by atoms with Gasteiger partial charge in [-0.15, -0.1) is 0 Å². The Hall–Kier alpha value is -2.09. The Morgan fingerprint density at radius 1 is 1.00 bits per heavy atom. The van der Waals surface area contributed by atoms with E-state index in [4.69, 9.17) is 4.74 Å². The Morgan fingerprint density at radius 2 is 1.70 bits per heavy atom. The largest absolute Gasteiger partial charge is 0.490 e. The lowest BCUT2D eigenvalue weighted by molar-refractivity contribution is 0.103. The number of ether oxygens (including phenoxy) is 1. The van der Waals surface area contributed by atoms with Gasteiger partial charge in [-0.3, -0.25) is 4.79 Å². The van der Waals surface area contributed by atoms with Crippen LogP contribution < -0.4 is 4.74 Å². The Balaban J connectivity index is 2.45. The molecule has 0 saturated heterocycles. The minimum atomic E-state index is 0.0162. The molecule has 0 N–H and O–H groups in total. The molecule has 20 heavy (non-hydrogen) atoms. The van der Waals surface area contributed by atoms with Crippen molar-refractivity contribution in [2.24, 2.45) is 0 Å². The molecule has 104 valence electrons. The van der Waals surface area contributed by atoms with Crippen molar-refractivity contribution in [3.05, 3.63) is 64.7 Å². The second kappa shape index (κ2) is 5.91. The van der Waals surface area contributed by atoms with Gasteiger partial charge in [-0.2, -0.15) is 0 Å². The molecule has 2 nitrogen and oxygen atoms in total. The van der Waals surface area contributed by atoms with E-state index < -0.39 is 0 Å². The van der Waals surface area contributed by atoms with Gasteiger partial charge in [0.1, 0.15) is 5.75 Å². The SMILES string of the molecule is Cc1ccc(C)c(C(=O)c2ccccc2OC(C)C)c1. The number of para-hydroxylation sites is 1. The molecule has 0 unspecified atom stereocenters. The number of hydrogen-bond acceptors (Lipinski definition) is 2. The van der Waals surface area contributed by atoms with Gasteiger partial charge in [-0.25, -0.2) is 0 Å². The summed E-state index contributed by atoms with van der Waals surface area (Å²) in [4.78, 5) is 12.7. The van der Waals surface area contributed by atoms with E-state index in [-0.39, 0.29) is 11.9 Å². The highest BCUT2D eigenvalue weighted by Gasteiger charge is 2.16. The molecule has 0 aliphatic carbocycles. The summed E-state index contributed by atoms with van der Waals surface area (Å²) >= 11 is 0. The van der Waals surface area contributed by atoms with Crippen LogP contribution in [-0.4, -0.2) is 11.9 Å². The van der Waals surface area contributed by atoms with Crippen LogP contribution in [0.4, 0.5) is 0 Å². The van der Waals surface area contributed by atoms with Gasteiger partial charge in [0.2, 0.25) is 0 Å². The monoisotopic (exact) mass is 268 g/mol. The molecular formula is C18H20O2. The van der Waals surface area contributed by atoms with E-state index in [1.165, 1.54) is 0 Å². The van der Waals surface area contributed by atoms with Crippen LogP contribution in [0.5, 0.6) is 5.75 Å². The van der Waals surface area contributed by atoms with Crippen LogP contribution in [0.15, 0.2) is 42.5 Å². The van der Waals surface area contributed by atoms with Crippen molar-refractivity contribution in [3.8, 4) is 5.75 Å². The molecule has 0 aromatic heterocycles. The molecule has 0 atom stereocenters. The third-order valence-electron chi connectivity index (χ3n) is 3.13. The van der Waals surface area contributed by atoms with E-state index in [1.807, 2.05) is 70.2 Å². The molecule has 0 bridgehead atoms. The van der Waals surface area contributed by atoms with Gasteiger partial charge < -0.3 is 4.74 Å². The predicted molar refractivity (Wildman–Crippen MR) is 81.6 cm³/mol. The standard InChI is InChI=1S/C18H20O2/c1-12(2)20-17-8-6-5-7-15(17)18(19)16-11-13(3)9-10-14(16)4/h5-12H,1-4H3. The quantitative estimate of drug-likeness (QED) is 0.772. The van der Waals surface area contributed by atoms with E-state index in [1.54, 1.807) is 0 Å². The summed E-state index contributed by atoms with van der Waals surface area (Å²) in [5.74, 6) is 0.663. The van der Waals surface area contributed by atoms with Gasteiger partial charge in [-0.05, 0) is 51.5 Å². The summed E-state index contributed by atoms with van der Waals surface area (Å²) < 4.78 is 5.74. The average molecular weight is 268 g/mol. The number of carbonyl (C=O) groups is 1. The van der Waals surface area contributed by atoms with Crippen molar-refractivity contribution >= 4 is 5.78 Å². The Bertz CT molecular complexity index is 627. The first kappa shape index (κ1) is 14.3. The smallest absolute Gasteiger partial charge is 0.197 e. The molecule has 0 heterocycles. The normalized spacial score (nSPS) is 10.7. The second-order valence-corrected chi connectivity index (χ2v) is 5.31.